The Kier molecular flexibility index (Phi) is 3.97. The Morgan fingerprint density at radius 1 is 1.44 bits per heavy atom. The van der Waals surface area contributed by atoms with Crippen molar-refractivity contribution in [1.82, 2.24) is 0 Å². The molecule has 1 aromatic carbocycles. The maximum Gasteiger partial charge on any atom is 0.0495 e. The van der Waals surface area contributed by atoms with Crippen LogP contribution in [0.1, 0.15) is 24.0 Å². The Morgan fingerprint density at radius 2 is 2.25 bits per heavy atom. The molecule has 0 aliphatic carbocycles. The van der Waals surface area contributed by atoms with E-state index in [9.17, 15) is 0 Å². The minimum absolute atomic E-state index is 0.271. The van der Waals surface area contributed by atoms with Crippen LogP contribution >= 0.6 is 0 Å². The van der Waals surface area contributed by atoms with Crippen molar-refractivity contribution in [3.63, 3.8) is 0 Å². The summed E-state index contributed by atoms with van der Waals surface area (Å²) in [5.41, 5.74) is 8.93. The van der Waals surface area contributed by atoms with Crippen molar-refractivity contribution >= 4 is 0 Å². The van der Waals surface area contributed by atoms with Crippen LogP contribution in [0.5, 0.6) is 0 Å². The number of hydrogen-bond donors (Lipinski definition) is 1. The molecule has 1 fully saturated rings. The van der Waals surface area contributed by atoms with Gasteiger partial charge < -0.3 is 10.5 Å². The van der Waals surface area contributed by atoms with Crippen LogP contribution in [0.25, 0.3) is 0 Å². The summed E-state index contributed by atoms with van der Waals surface area (Å²) in [5, 5.41) is 0. The summed E-state index contributed by atoms with van der Waals surface area (Å²) in [6.45, 7) is 3.98. The first-order valence-corrected chi connectivity index (χ1v) is 6.13. The van der Waals surface area contributed by atoms with Crippen LogP contribution in [-0.2, 0) is 11.2 Å². The summed E-state index contributed by atoms with van der Waals surface area (Å²) in [4.78, 5) is 0. The van der Waals surface area contributed by atoms with Gasteiger partial charge in [-0.05, 0) is 43.2 Å². The van der Waals surface area contributed by atoms with Gasteiger partial charge in [0, 0.05) is 19.3 Å². The molecule has 1 aromatic rings. The third-order valence-electron chi connectivity index (χ3n) is 3.40. The number of aryl methyl sites for hydroxylation is 1. The van der Waals surface area contributed by atoms with Crippen molar-refractivity contribution in [2.45, 2.75) is 32.2 Å². The smallest absolute Gasteiger partial charge is 0.0495 e. The second-order valence-electron chi connectivity index (χ2n) is 4.86. The molecule has 2 N–H and O–H groups in total. The van der Waals surface area contributed by atoms with Crippen molar-refractivity contribution in [2.24, 2.45) is 11.7 Å². The predicted octanol–water partition coefficient (Wildman–Crippen LogP) is 2.29. The quantitative estimate of drug-likeness (QED) is 0.843. The Balaban J connectivity index is 1.86. The fourth-order valence-corrected chi connectivity index (χ4v) is 2.40. The summed E-state index contributed by atoms with van der Waals surface area (Å²) in [5.74, 6) is 0.680. The van der Waals surface area contributed by atoms with E-state index >= 15 is 0 Å². The third kappa shape index (κ3) is 3.06. The monoisotopic (exact) mass is 219 g/mol. The molecule has 0 aromatic heterocycles. The van der Waals surface area contributed by atoms with Crippen molar-refractivity contribution < 1.29 is 4.74 Å². The summed E-state index contributed by atoms with van der Waals surface area (Å²) in [6, 6.07) is 8.78. The predicted molar refractivity (Wildman–Crippen MR) is 66.4 cm³/mol. The van der Waals surface area contributed by atoms with Crippen molar-refractivity contribution in [2.75, 3.05) is 13.2 Å². The van der Waals surface area contributed by atoms with E-state index in [0.29, 0.717) is 5.92 Å². The van der Waals surface area contributed by atoms with Gasteiger partial charge in [0.1, 0.15) is 0 Å². The van der Waals surface area contributed by atoms with E-state index < -0.39 is 0 Å². The molecule has 1 aliphatic rings. The van der Waals surface area contributed by atoms with Crippen LogP contribution in [0.15, 0.2) is 24.3 Å². The van der Waals surface area contributed by atoms with Gasteiger partial charge in [0.05, 0.1) is 0 Å². The van der Waals surface area contributed by atoms with Gasteiger partial charge in [-0.2, -0.15) is 0 Å². The number of ether oxygens (including phenoxy) is 1. The molecule has 16 heavy (non-hydrogen) atoms. The molecule has 0 spiro atoms. The first-order chi connectivity index (χ1) is 7.75. The zero-order valence-corrected chi connectivity index (χ0v) is 9.99. The van der Waals surface area contributed by atoms with E-state index in [1.54, 1.807) is 0 Å². The second-order valence-corrected chi connectivity index (χ2v) is 4.86. The first-order valence-electron chi connectivity index (χ1n) is 6.13. The van der Waals surface area contributed by atoms with Gasteiger partial charge in [-0.3, -0.25) is 0 Å². The standard InChI is InChI=1S/C14H21NO/c1-11-4-2-3-5-13(11)9-14(15)8-12-6-7-16-10-12/h2-5,12,14H,6-10,15H2,1H3. The highest BCUT2D eigenvalue weighted by Crippen LogP contribution is 2.19. The molecule has 2 heteroatoms. The minimum Gasteiger partial charge on any atom is -0.381 e. The highest BCUT2D eigenvalue weighted by atomic mass is 16.5. The number of benzene rings is 1. The first kappa shape index (κ1) is 11.6. The molecule has 0 bridgehead atoms. The summed E-state index contributed by atoms with van der Waals surface area (Å²) < 4.78 is 5.38. The minimum atomic E-state index is 0.271. The SMILES string of the molecule is Cc1ccccc1CC(N)CC1CCOC1. The molecule has 0 radical (unpaired) electrons. The fourth-order valence-electron chi connectivity index (χ4n) is 2.40. The lowest BCUT2D eigenvalue weighted by atomic mass is 9.93. The molecule has 1 saturated heterocycles. The van der Waals surface area contributed by atoms with Crippen molar-refractivity contribution in [3.8, 4) is 0 Å². The second kappa shape index (κ2) is 5.46. The summed E-state index contributed by atoms with van der Waals surface area (Å²) >= 11 is 0. The average Bonchev–Trinajstić information content (AvgIpc) is 2.74. The van der Waals surface area contributed by atoms with Gasteiger partial charge >= 0.3 is 0 Å². The molecule has 88 valence electrons. The molecule has 0 amide bonds. The van der Waals surface area contributed by atoms with Crippen LogP contribution in [0.2, 0.25) is 0 Å². The zero-order chi connectivity index (χ0) is 11.4. The zero-order valence-electron chi connectivity index (χ0n) is 9.99. The maximum absolute atomic E-state index is 6.20. The highest BCUT2D eigenvalue weighted by molar-refractivity contribution is 5.26. The van der Waals surface area contributed by atoms with Crippen molar-refractivity contribution in [1.29, 1.82) is 0 Å². The molecule has 2 unspecified atom stereocenters. The van der Waals surface area contributed by atoms with Gasteiger partial charge in [0.2, 0.25) is 0 Å². The molecule has 1 aliphatic heterocycles. The van der Waals surface area contributed by atoms with Crippen LogP contribution in [-0.4, -0.2) is 19.3 Å². The summed E-state index contributed by atoms with van der Waals surface area (Å²) in [6.07, 6.45) is 3.26. The van der Waals surface area contributed by atoms with Crippen LogP contribution in [0.4, 0.5) is 0 Å². The van der Waals surface area contributed by atoms with E-state index in [4.69, 9.17) is 10.5 Å². The van der Waals surface area contributed by atoms with Gasteiger partial charge in [-0.15, -0.1) is 0 Å². The normalized spacial score (nSPS) is 22.2. The van der Waals surface area contributed by atoms with Crippen molar-refractivity contribution in [3.05, 3.63) is 35.4 Å². The van der Waals surface area contributed by atoms with E-state index in [2.05, 4.69) is 31.2 Å². The molecule has 2 nitrogen and oxygen atoms in total. The Labute approximate surface area is 97.8 Å². The Hall–Kier alpha value is -0.860. The van der Waals surface area contributed by atoms with E-state index in [1.165, 1.54) is 17.5 Å². The molecule has 1 heterocycles. The lowest BCUT2D eigenvalue weighted by Gasteiger charge is -2.16. The van der Waals surface area contributed by atoms with E-state index in [1.807, 2.05) is 0 Å². The van der Waals surface area contributed by atoms with E-state index in [-0.39, 0.29) is 6.04 Å². The molecular formula is C14H21NO. The molecule has 2 rings (SSSR count). The number of rotatable bonds is 4. The van der Waals surface area contributed by atoms with Crippen LogP contribution in [0, 0.1) is 12.8 Å². The van der Waals surface area contributed by atoms with E-state index in [0.717, 1.165) is 26.1 Å². The number of nitrogens with two attached hydrogens (primary N) is 1. The van der Waals surface area contributed by atoms with Crippen LogP contribution in [0.3, 0.4) is 0 Å². The summed E-state index contributed by atoms with van der Waals surface area (Å²) in [7, 11) is 0. The Bertz CT molecular complexity index is 331. The molecule has 0 saturated carbocycles. The van der Waals surface area contributed by atoms with Gasteiger partial charge in [-0.25, -0.2) is 0 Å². The van der Waals surface area contributed by atoms with Gasteiger partial charge in [-0.1, -0.05) is 24.3 Å². The average molecular weight is 219 g/mol. The van der Waals surface area contributed by atoms with Crippen LogP contribution < -0.4 is 5.73 Å². The Morgan fingerprint density at radius 3 is 2.94 bits per heavy atom. The lowest BCUT2D eigenvalue weighted by Crippen LogP contribution is -2.26. The third-order valence-corrected chi connectivity index (χ3v) is 3.40. The molecular weight excluding hydrogens is 198 g/mol. The number of hydrogen-bond acceptors (Lipinski definition) is 2. The molecule has 2 atom stereocenters. The largest absolute Gasteiger partial charge is 0.381 e. The van der Waals surface area contributed by atoms with Gasteiger partial charge in [0.25, 0.3) is 0 Å². The van der Waals surface area contributed by atoms with Gasteiger partial charge in [0.15, 0.2) is 0 Å². The highest BCUT2D eigenvalue weighted by Gasteiger charge is 2.19. The fraction of sp³-hybridized carbons (Fsp3) is 0.571. The topological polar surface area (TPSA) is 35.2 Å². The lowest BCUT2D eigenvalue weighted by molar-refractivity contribution is 0.182. The maximum atomic E-state index is 6.20.